The van der Waals surface area contributed by atoms with Crippen LogP contribution in [-0.2, 0) is 23.8 Å². The highest BCUT2D eigenvalue weighted by molar-refractivity contribution is 7.11. The highest BCUT2D eigenvalue weighted by Gasteiger charge is 2.37. The molecule has 1 amide bonds. The lowest BCUT2D eigenvalue weighted by Gasteiger charge is -2.40. The van der Waals surface area contributed by atoms with Crippen molar-refractivity contribution in [3.63, 3.8) is 0 Å². The third-order valence-electron chi connectivity index (χ3n) is 7.98. The molecule has 2 aromatic heterocycles. The summed E-state index contributed by atoms with van der Waals surface area (Å²) in [6, 6.07) is 8.49. The molecule has 1 fully saturated rings. The third kappa shape index (κ3) is 6.75. The van der Waals surface area contributed by atoms with E-state index in [1.54, 1.807) is 11.5 Å². The Bertz CT molecular complexity index is 1630. The van der Waals surface area contributed by atoms with Crippen molar-refractivity contribution in [2.45, 2.75) is 65.9 Å². The van der Waals surface area contributed by atoms with Gasteiger partial charge in [0.15, 0.2) is 6.23 Å². The number of alkyl halides is 3. The number of carbonyl (C=O) groups is 1. The van der Waals surface area contributed by atoms with Crippen LogP contribution >= 0.6 is 11.3 Å². The average molecular weight is 638 g/mol. The van der Waals surface area contributed by atoms with E-state index in [4.69, 9.17) is 4.98 Å². The molecule has 1 aromatic carbocycles. The number of anilines is 1. The van der Waals surface area contributed by atoms with Crippen molar-refractivity contribution in [2.24, 2.45) is 0 Å². The number of para-hydroxylation sites is 1. The summed E-state index contributed by atoms with van der Waals surface area (Å²) in [5, 5.41) is 17.8. The molecule has 1 unspecified atom stereocenters. The molecule has 0 saturated carbocycles. The first kappa shape index (κ1) is 32.6. The monoisotopic (exact) mass is 637 g/mol. The molecule has 0 spiro atoms. The molecule has 5 rings (SSSR count). The number of carbonyl (C=O) groups excluding carboxylic acids is 1. The fraction of sp³-hybridized carbons (Fsp3) is 0.382. The number of aliphatic hydroxyl groups is 1. The van der Waals surface area contributed by atoms with E-state index in [1.165, 1.54) is 17.4 Å². The molecule has 2 atom stereocenters. The maximum atomic E-state index is 14.3. The quantitative estimate of drug-likeness (QED) is 0.304. The van der Waals surface area contributed by atoms with Gasteiger partial charge in [0.1, 0.15) is 10.7 Å². The SMILES string of the molecule is CCc1cccc(CC)c1N1C(C=C(C)C)=C(C(=O)N2CCN[C@H](C)C2)C=C(c2nc(-c3ccc(C(F)(F)F)nc3)cs2)C1O. The topological polar surface area (TPSA) is 81.6 Å². The summed E-state index contributed by atoms with van der Waals surface area (Å²) in [4.78, 5) is 26.4. The van der Waals surface area contributed by atoms with Gasteiger partial charge < -0.3 is 20.2 Å². The first-order valence-corrected chi connectivity index (χ1v) is 16.0. The molecule has 2 aliphatic rings. The molecule has 7 nitrogen and oxygen atoms in total. The van der Waals surface area contributed by atoms with Crippen LogP contribution in [0.1, 0.15) is 56.4 Å². The van der Waals surface area contributed by atoms with Gasteiger partial charge >= 0.3 is 6.18 Å². The zero-order valence-electron chi connectivity index (χ0n) is 26.1. The summed E-state index contributed by atoms with van der Waals surface area (Å²) >= 11 is 1.26. The van der Waals surface area contributed by atoms with Gasteiger partial charge in [-0.25, -0.2) is 4.98 Å². The number of thiazole rings is 1. The normalized spacial score (nSPS) is 19.1. The van der Waals surface area contributed by atoms with Crippen LogP contribution in [0.5, 0.6) is 0 Å². The summed E-state index contributed by atoms with van der Waals surface area (Å²) < 4.78 is 39.3. The smallest absolute Gasteiger partial charge is 0.369 e. The van der Waals surface area contributed by atoms with E-state index in [1.807, 2.05) is 54.8 Å². The van der Waals surface area contributed by atoms with Crippen LogP contribution in [0.25, 0.3) is 16.8 Å². The van der Waals surface area contributed by atoms with Crippen LogP contribution in [0.4, 0.5) is 18.9 Å². The van der Waals surface area contributed by atoms with Crippen molar-refractivity contribution < 1.29 is 23.1 Å². The van der Waals surface area contributed by atoms with Crippen LogP contribution in [0.15, 0.2) is 70.9 Å². The van der Waals surface area contributed by atoms with E-state index in [9.17, 15) is 23.1 Å². The van der Waals surface area contributed by atoms with Gasteiger partial charge in [0.05, 0.1) is 22.7 Å². The maximum absolute atomic E-state index is 14.3. The van der Waals surface area contributed by atoms with Gasteiger partial charge in [0.25, 0.3) is 5.91 Å². The van der Waals surface area contributed by atoms with Gasteiger partial charge in [-0.3, -0.25) is 9.78 Å². The first-order valence-electron chi connectivity index (χ1n) is 15.1. The standard InChI is InChI=1S/C34H38F3N5O2S/c1-6-22-9-8-10-23(7-2)30(22)42-28(15-20(3)4)25(32(43)41-14-13-38-21(5)18-41)16-26(33(42)44)31-40-27(19-45-31)24-11-12-29(39-17-24)34(35,36)37/h8-12,15-17,19,21,33,38,44H,6-7,13-14,18H2,1-5H3/t21-,33?/m1/s1. The lowest BCUT2D eigenvalue weighted by molar-refractivity contribution is -0.141. The van der Waals surface area contributed by atoms with Gasteiger partial charge in [-0.2, -0.15) is 13.2 Å². The Balaban J connectivity index is 1.69. The van der Waals surface area contributed by atoms with Gasteiger partial charge in [-0.15, -0.1) is 11.3 Å². The Labute approximate surface area is 265 Å². The number of aryl methyl sites for hydroxylation is 2. The van der Waals surface area contributed by atoms with Crippen LogP contribution in [-0.4, -0.2) is 57.8 Å². The molecule has 3 aromatic rings. The Morgan fingerprint density at radius 2 is 1.87 bits per heavy atom. The number of aromatic nitrogens is 2. The van der Waals surface area contributed by atoms with Crippen molar-refractivity contribution in [2.75, 3.05) is 24.5 Å². The average Bonchev–Trinajstić information content (AvgIpc) is 3.50. The van der Waals surface area contributed by atoms with E-state index in [2.05, 4.69) is 24.1 Å². The van der Waals surface area contributed by atoms with Gasteiger partial charge in [-0.05, 0) is 69.0 Å². The molecule has 4 heterocycles. The summed E-state index contributed by atoms with van der Waals surface area (Å²) in [6.45, 7) is 11.9. The molecule has 45 heavy (non-hydrogen) atoms. The lowest BCUT2D eigenvalue weighted by Crippen LogP contribution is -2.52. The summed E-state index contributed by atoms with van der Waals surface area (Å²) in [5.74, 6) is -0.138. The predicted octanol–water partition coefficient (Wildman–Crippen LogP) is 6.61. The molecule has 2 N–H and O–H groups in total. The van der Waals surface area contributed by atoms with Crippen LogP contribution < -0.4 is 10.2 Å². The highest BCUT2D eigenvalue weighted by atomic mass is 32.1. The van der Waals surface area contributed by atoms with E-state index in [0.29, 0.717) is 65.6 Å². The molecule has 0 aliphatic carbocycles. The van der Waals surface area contributed by atoms with Crippen LogP contribution in [0.2, 0.25) is 0 Å². The molecule has 238 valence electrons. The third-order valence-corrected chi connectivity index (χ3v) is 8.87. The molecule has 1 saturated heterocycles. The second-order valence-corrected chi connectivity index (χ2v) is 12.4. The zero-order valence-corrected chi connectivity index (χ0v) is 26.9. The summed E-state index contributed by atoms with van der Waals surface area (Å²) in [7, 11) is 0. The minimum atomic E-state index is -4.54. The largest absolute Gasteiger partial charge is 0.433 e. The molecular formula is C34H38F3N5O2S. The van der Waals surface area contributed by atoms with Gasteiger partial charge in [0.2, 0.25) is 0 Å². The number of allylic oxidation sites excluding steroid dienone is 2. The fourth-order valence-electron chi connectivity index (χ4n) is 5.78. The predicted molar refractivity (Wildman–Crippen MR) is 173 cm³/mol. The van der Waals surface area contributed by atoms with Crippen molar-refractivity contribution in [3.05, 3.63) is 92.7 Å². The van der Waals surface area contributed by atoms with Crippen LogP contribution in [0, 0.1) is 0 Å². The number of rotatable bonds is 7. The second-order valence-electron chi connectivity index (χ2n) is 11.6. The zero-order chi connectivity index (χ0) is 32.5. The fourth-order valence-corrected chi connectivity index (χ4v) is 6.64. The highest BCUT2D eigenvalue weighted by Crippen LogP contribution is 2.42. The van der Waals surface area contributed by atoms with Crippen LogP contribution in [0.3, 0.4) is 0 Å². The van der Waals surface area contributed by atoms with Crippen molar-refractivity contribution in [3.8, 4) is 11.3 Å². The number of nitrogens with zero attached hydrogens (tertiary/aromatic N) is 4. The minimum Gasteiger partial charge on any atom is -0.369 e. The Morgan fingerprint density at radius 1 is 1.16 bits per heavy atom. The number of hydrogen-bond acceptors (Lipinski definition) is 7. The number of piperazine rings is 1. The first-order chi connectivity index (χ1) is 21.4. The van der Waals surface area contributed by atoms with Gasteiger partial charge in [-0.1, -0.05) is 37.6 Å². The Hall–Kier alpha value is -3.80. The second kappa shape index (κ2) is 13.3. The van der Waals surface area contributed by atoms with E-state index in [-0.39, 0.29) is 11.9 Å². The minimum absolute atomic E-state index is 0.135. The summed E-state index contributed by atoms with van der Waals surface area (Å²) in [6.07, 6.45) is 0.540. The molecule has 2 aliphatic heterocycles. The van der Waals surface area contributed by atoms with E-state index < -0.39 is 18.1 Å². The van der Waals surface area contributed by atoms with Gasteiger partial charge in [0, 0.05) is 48.4 Å². The molecule has 0 bridgehead atoms. The van der Waals surface area contributed by atoms with Crippen molar-refractivity contribution >= 4 is 28.5 Å². The number of pyridine rings is 1. The number of aliphatic hydroxyl groups excluding tert-OH is 1. The van der Waals surface area contributed by atoms with Crippen molar-refractivity contribution in [1.29, 1.82) is 0 Å². The molecule has 0 radical (unpaired) electrons. The van der Waals surface area contributed by atoms with E-state index >= 15 is 0 Å². The number of hydrogen-bond donors (Lipinski definition) is 2. The maximum Gasteiger partial charge on any atom is 0.433 e. The molecule has 11 heteroatoms. The van der Waals surface area contributed by atoms with Crippen molar-refractivity contribution in [1.82, 2.24) is 20.2 Å². The molecular weight excluding hydrogens is 599 g/mol. The number of nitrogens with one attached hydrogen (secondary N) is 1. The Kier molecular flexibility index (Phi) is 9.62. The Morgan fingerprint density at radius 3 is 2.44 bits per heavy atom. The lowest BCUT2D eigenvalue weighted by atomic mass is 9.94. The van der Waals surface area contributed by atoms with E-state index in [0.717, 1.165) is 34.7 Å². The summed E-state index contributed by atoms with van der Waals surface area (Å²) in [5.41, 5.74) is 5.27. The number of amides is 1. The number of benzene rings is 1. The number of halogens is 3.